The smallest absolute Gasteiger partial charge is 0.134 e. The molecule has 0 fully saturated rings. The first-order valence-corrected chi connectivity index (χ1v) is 5.96. The van der Waals surface area contributed by atoms with Crippen molar-refractivity contribution < 1.29 is 23.0 Å². The quantitative estimate of drug-likeness (QED) is 0.931. The minimum absolute atomic E-state index is 0.00330. The molecule has 0 spiro atoms. The molecule has 2 aromatic carbocycles. The SMILES string of the molecule is COc1cccc(CC(O)c2c(F)cc(F)cc2F)c1. The summed E-state index contributed by atoms with van der Waals surface area (Å²) < 4.78 is 44.9. The third kappa shape index (κ3) is 3.11. The molecule has 1 atom stereocenters. The lowest BCUT2D eigenvalue weighted by molar-refractivity contribution is 0.168. The molecule has 0 radical (unpaired) electrons. The largest absolute Gasteiger partial charge is 0.497 e. The van der Waals surface area contributed by atoms with Crippen molar-refractivity contribution in [2.45, 2.75) is 12.5 Å². The van der Waals surface area contributed by atoms with Gasteiger partial charge in [0.05, 0.1) is 18.8 Å². The lowest BCUT2D eigenvalue weighted by Crippen LogP contribution is -2.08. The van der Waals surface area contributed by atoms with E-state index in [2.05, 4.69) is 0 Å². The van der Waals surface area contributed by atoms with Gasteiger partial charge in [-0.2, -0.15) is 0 Å². The number of hydrogen-bond acceptors (Lipinski definition) is 2. The van der Waals surface area contributed by atoms with Crippen molar-refractivity contribution in [1.82, 2.24) is 0 Å². The van der Waals surface area contributed by atoms with Crippen molar-refractivity contribution in [3.8, 4) is 5.75 Å². The number of hydrogen-bond donors (Lipinski definition) is 1. The summed E-state index contributed by atoms with van der Waals surface area (Å²) in [6.07, 6.45) is -1.40. The van der Waals surface area contributed by atoms with Gasteiger partial charge in [0.2, 0.25) is 0 Å². The highest BCUT2D eigenvalue weighted by molar-refractivity contribution is 5.31. The number of rotatable bonds is 4. The van der Waals surface area contributed by atoms with E-state index in [0.29, 0.717) is 23.4 Å². The van der Waals surface area contributed by atoms with Gasteiger partial charge in [0, 0.05) is 18.6 Å². The van der Waals surface area contributed by atoms with Gasteiger partial charge in [-0.3, -0.25) is 0 Å². The zero-order chi connectivity index (χ0) is 14.7. The van der Waals surface area contributed by atoms with Gasteiger partial charge in [0.15, 0.2) is 0 Å². The van der Waals surface area contributed by atoms with E-state index < -0.39 is 29.1 Å². The molecular weight excluding hydrogens is 269 g/mol. The van der Waals surface area contributed by atoms with Crippen molar-refractivity contribution >= 4 is 0 Å². The highest BCUT2D eigenvalue weighted by Gasteiger charge is 2.20. The van der Waals surface area contributed by atoms with Gasteiger partial charge in [-0.25, -0.2) is 13.2 Å². The highest BCUT2D eigenvalue weighted by Crippen LogP contribution is 2.26. The summed E-state index contributed by atoms with van der Waals surface area (Å²) in [6, 6.07) is 7.88. The maximum absolute atomic E-state index is 13.5. The molecule has 0 aliphatic carbocycles. The summed E-state index contributed by atoms with van der Waals surface area (Å²) in [4.78, 5) is 0. The van der Waals surface area contributed by atoms with Crippen LogP contribution in [0.3, 0.4) is 0 Å². The van der Waals surface area contributed by atoms with E-state index in [9.17, 15) is 18.3 Å². The van der Waals surface area contributed by atoms with Crippen molar-refractivity contribution in [1.29, 1.82) is 0 Å². The Morgan fingerprint density at radius 2 is 1.75 bits per heavy atom. The maximum Gasteiger partial charge on any atom is 0.134 e. The van der Waals surface area contributed by atoms with Gasteiger partial charge in [0.25, 0.3) is 0 Å². The second-order valence-electron chi connectivity index (χ2n) is 4.35. The molecule has 106 valence electrons. The molecule has 0 saturated carbocycles. The zero-order valence-corrected chi connectivity index (χ0v) is 10.7. The molecule has 0 amide bonds. The fourth-order valence-electron chi connectivity index (χ4n) is 2.00. The maximum atomic E-state index is 13.5. The monoisotopic (exact) mass is 282 g/mol. The van der Waals surface area contributed by atoms with Crippen molar-refractivity contribution in [2.75, 3.05) is 7.11 Å². The Kier molecular flexibility index (Phi) is 4.29. The molecule has 2 aromatic rings. The fourth-order valence-corrected chi connectivity index (χ4v) is 2.00. The van der Waals surface area contributed by atoms with E-state index >= 15 is 0 Å². The molecule has 5 heteroatoms. The van der Waals surface area contributed by atoms with Gasteiger partial charge in [0.1, 0.15) is 23.2 Å². The van der Waals surface area contributed by atoms with Crippen LogP contribution in [0.2, 0.25) is 0 Å². The Bertz CT molecular complexity index is 591. The van der Waals surface area contributed by atoms with Crippen LogP contribution in [-0.2, 0) is 6.42 Å². The minimum atomic E-state index is -1.40. The molecule has 0 aliphatic rings. The van der Waals surface area contributed by atoms with Crippen LogP contribution < -0.4 is 4.74 Å². The van der Waals surface area contributed by atoms with Crippen molar-refractivity contribution in [2.24, 2.45) is 0 Å². The van der Waals surface area contributed by atoms with E-state index in [-0.39, 0.29) is 6.42 Å². The van der Waals surface area contributed by atoms with Gasteiger partial charge >= 0.3 is 0 Å². The molecule has 0 aliphatic heterocycles. The van der Waals surface area contributed by atoms with Gasteiger partial charge in [-0.05, 0) is 17.7 Å². The molecule has 0 saturated heterocycles. The number of benzene rings is 2. The first kappa shape index (κ1) is 14.4. The average Bonchev–Trinajstić information content (AvgIpc) is 2.37. The first-order chi connectivity index (χ1) is 9.51. The third-order valence-corrected chi connectivity index (χ3v) is 2.94. The second-order valence-corrected chi connectivity index (χ2v) is 4.35. The topological polar surface area (TPSA) is 29.5 Å². The predicted molar refractivity (Wildman–Crippen MR) is 68.0 cm³/mol. The molecule has 1 unspecified atom stereocenters. The van der Waals surface area contributed by atoms with Crippen molar-refractivity contribution in [3.05, 3.63) is 65.0 Å². The summed E-state index contributed by atoms with van der Waals surface area (Å²) >= 11 is 0. The molecule has 2 rings (SSSR count). The van der Waals surface area contributed by atoms with E-state index in [1.54, 1.807) is 24.3 Å². The average molecular weight is 282 g/mol. The van der Waals surface area contributed by atoms with Gasteiger partial charge < -0.3 is 9.84 Å². The number of methoxy groups -OCH3 is 1. The normalized spacial score (nSPS) is 12.2. The van der Waals surface area contributed by atoms with Crippen LogP contribution >= 0.6 is 0 Å². The summed E-state index contributed by atoms with van der Waals surface area (Å²) in [7, 11) is 1.49. The van der Waals surface area contributed by atoms with E-state index in [4.69, 9.17) is 4.74 Å². The predicted octanol–water partition coefficient (Wildman–Crippen LogP) is 3.39. The molecule has 0 bridgehead atoms. The zero-order valence-electron chi connectivity index (χ0n) is 10.7. The Morgan fingerprint density at radius 3 is 2.35 bits per heavy atom. The molecule has 2 nitrogen and oxygen atoms in total. The fraction of sp³-hybridized carbons (Fsp3) is 0.200. The lowest BCUT2D eigenvalue weighted by Gasteiger charge is -2.13. The standard InChI is InChI=1S/C15H13F3O2/c1-20-11-4-2-3-9(5-11)6-14(19)15-12(17)7-10(16)8-13(15)18/h2-5,7-8,14,19H,6H2,1H3. The van der Waals surface area contributed by atoms with Crippen LogP contribution in [0, 0.1) is 17.5 Å². The van der Waals surface area contributed by atoms with Gasteiger partial charge in [-0.1, -0.05) is 12.1 Å². The number of aliphatic hydroxyl groups excluding tert-OH is 1. The highest BCUT2D eigenvalue weighted by atomic mass is 19.1. The van der Waals surface area contributed by atoms with E-state index in [1.165, 1.54) is 7.11 Å². The second kappa shape index (κ2) is 5.96. The third-order valence-electron chi connectivity index (χ3n) is 2.94. The number of aliphatic hydroxyl groups is 1. The number of ether oxygens (including phenoxy) is 1. The molecule has 0 aromatic heterocycles. The summed E-state index contributed by atoms with van der Waals surface area (Å²) in [5, 5.41) is 9.95. The molecular formula is C15H13F3O2. The number of halogens is 3. The van der Waals surface area contributed by atoms with E-state index in [0.717, 1.165) is 0 Å². The first-order valence-electron chi connectivity index (χ1n) is 5.96. The summed E-state index contributed by atoms with van der Waals surface area (Å²) in [5.74, 6) is -2.64. The molecule has 1 N–H and O–H groups in total. The summed E-state index contributed by atoms with van der Waals surface area (Å²) in [5.41, 5.74) is 0.120. The minimum Gasteiger partial charge on any atom is -0.497 e. The van der Waals surface area contributed by atoms with Crippen LogP contribution in [0.5, 0.6) is 5.75 Å². The summed E-state index contributed by atoms with van der Waals surface area (Å²) in [6.45, 7) is 0. The van der Waals surface area contributed by atoms with E-state index in [1.807, 2.05) is 0 Å². The molecule has 0 heterocycles. The van der Waals surface area contributed by atoms with Crippen LogP contribution in [-0.4, -0.2) is 12.2 Å². The Labute approximate surface area is 114 Å². The van der Waals surface area contributed by atoms with Crippen molar-refractivity contribution in [3.63, 3.8) is 0 Å². The Hall–Kier alpha value is -2.01. The lowest BCUT2D eigenvalue weighted by atomic mass is 10.00. The van der Waals surface area contributed by atoms with Gasteiger partial charge in [-0.15, -0.1) is 0 Å². The van der Waals surface area contributed by atoms with Crippen LogP contribution in [0.1, 0.15) is 17.2 Å². The molecule has 20 heavy (non-hydrogen) atoms. The van der Waals surface area contributed by atoms with Crippen LogP contribution in [0.25, 0.3) is 0 Å². The Balaban J connectivity index is 2.26. The Morgan fingerprint density at radius 1 is 1.10 bits per heavy atom. The van der Waals surface area contributed by atoms with Crippen LogP contribution in [0.15, 0.2) is 36.4 Å². The van der Waals surface area contributed by atoms with Crippen LogP contribution in [0.4, 0.5) is 13.2 Å².